The molecule has 0 radical (unpaired) electrons. The van der Waals surface area contributed by atoms with Crippen molar-refractivity contribution in [2.24, 2.45) is 5.10 Å². The van der Waals surface area contributed by atoms with Crippen LogP contribution < -0.4 is 19.6 Å². The average molecular weight is 496 g/mol. The van der Waals surface area contributed by atoms with Crippen molar-refractivity contribution in [3.05, 3.63) is 89.5 Å². The van der Waals surface area contributed by atoms with Crippen molar-refractivity contribution in [3.8, 4) is 11.5 Å². The number of hydrogen-bond donors (Lipinski definition) is 2. The molecule has 9 nitrogen and oxygen atoms in total. The number of carbonyl (C=O) groups is 2. The van der Waals surface area contributed by atoms with Crippen LogP contribution in [0.5, 0.6) is 11.5 Å². The molecule has 0 saturated heterocycles. The highest BCUT2D eigenvalue weighted by Crippen LogP contribution is 2.29. The number of amides is 1. The van der Waals surface area contributed by atoms with Crippen LogP contribution in [0, 0.1) is 6.92 Å². The van der Waals surface area contributed by atoms with Crippen molar-refractivity contribution in [3.63, 3.8) is 0 Å². The number of benzene rings is 3. The molecule has 3 rings (SSSR count). The Morgan fingerprint density at radius 2 is 1.69 bits per heavy atom. The predicted molar refractivity (Wildman–Crippen MR) is 131 cm³/mol. The predicted octanol–water partition coefficient (Wildman–Crippen LogP) is 3.04. The molecule has 0 unspecified atom stereocenters. The van der Waals surface area contributed by atoms with Crippen molar-refractivity contribution in [2.45, 2.75) is 18.7 Å². The quantitative estimate of drug-likeness (QED) is 0.193. The van der Waals surface area contributed by atoms with Crippen LogP contribution in [0.25, 0.3) is 0 Å². The maximum absolute atomic E-state index is 12.3. The molecular formula is C25H25N3O6S. The summed E-state index contributed by atoms with van der Waals surface area (Å²) in [5.74, 6) is -0.589. The Bertz CT molecular complexity index is 1310. The van der Waals surface area contributed by atoms with Gasteiger partial charge in [0.15, 0.2) is 11.5 Å². The first kappa shape index (κ1) is 25.6. The molecule has 0 atom stereocenters. The summed E-state index contributed by atoms with van der Waals surface area (Å²) in [6.07, 6.45) is 1.36. The first-order valence-corrected chi connectivity index (χ1v) is 12.2. The second-order valence-corrected chi connectivity index (χ2v) is 9.09. The van der Waals surface area contributed by atoms with E-state index in [0.29, 0.717) is 23.5 Å². The number of carbonyl (C=O) groups excluding carboxylic acids is 2. The van der Waals surface area contributed by atoms with Crippen LogP contribution in [0.3, 0.4) is 0 Å². The molecule has 0 bridgehead atoms. The lowest BCUT2D eigenvalue weighted by molar-refractivity contribution is -0.119. The van der Waals surface area contributed by atoms with Gasteiger partial charge in [-0.15, -0.1) is 0 Å². The summed E-state index contributed by atoms with van der Waals surface area (Å²) in [5.41, 5.74) is 4.15. The number of sulfonamides is 1. The number of aryl methyl sites for hydroxylation is 1. The van der Waals surface area contributed by atoms with E-state index < -0.39 is 28.4 Å². The largest absolute Gasteiger partial charge is 0.490 e. The Balaban J connectivity index is 1.58. The summed E-state index contributed by atoms with van der Waals surface area (Å²) in [5, 5.41) is 3.84. The molecule has 0 aliphatic rings. The third-order valence-corrected chi connectivity index (χ3v) is 6.05. The van der Waals surface area contributed by atoms with Crippen molar-refractivity contribution in [2.75, 3.05) is 13.2 Å². The van der Waals surface area contributed by atoms with Gasteiger partial charge < -0.3 is 9.47 Å². The highest BCUT2D eigenvalue weighted by Gasteiger charge is 2.15. The van der Waals surface area contributed by atoms with Crippen LogP contribution in [-0.4, -0.2) is 39.7 Å². The molecule has 1 amide bonds. The zero-order chi connectivity index (χ0) is 25.3. The topological polar surface area (TPSA) is 123 Å². The number of nitrogens with zero attached hydrogens (tertiary/aromatic N) is 1. The Kier molecular flexibility index (Phi) is 8.71. The van der Waals surface area contributed by atoms with E-state index in [1.54, 1.807) is 67.6 Å². The van der Waals surface area contributed by atoms with Crippen molar-refractivity contribution in [1.82, 2.24) is 10.1 Å². The molecule has 3 aromatic rings. The van der Waals surface area contributed by atoms with Gasteiger partial charge in [0.2, 0.25) is 10.0 Å². The molecule has 3 aromatic carbocycles. The molecular weight excluding hydrogens is 470 g/mol. The monoisotopic (exact) mass is 495 g/mol. The van der Waals surface area contributed by atoms with E-state index in [2.05, 4.69) is 15.2 Å². The molecule has 0 aliphatic heterocycles. The van der Waals surface area contributed by atoms with Gasteiger partial charge in [0.05, 0.1) is 29.8 Å². The molecule has 0 heterocycles. The summed E-state index contributed by atoms with van der Waals surface area (Å²) in [6, 6.07) is 19.6. The Morgan fingerprint density at radius 3 is 2.37 bits per heavy atom. The van der Waals surface area contributed by atoms with Gasteiger partial charge in [-0.25, -0.2) is 23.4 Å². The number of nitrogens with one attached hydrogen (secondary N) is 2. The highest BCUT2D eigenvalue weighted by atomic mass is 32.2. The smallest absolute Gasteiger partial charge is 0.343 e. The average Bonchev–Trinajstić information content (AvgIpc) is 2.85. The van der Waals surface area contributed by atoms with Crippen LogP contribution in [-0.2, 0) is 14.8 Å². The molecule has 35 heavy (non-hydrogen) atoms. The van der Waals surface area contributed by atoms with Crippen molar-refractivity contribution >= 4 is 28.1 Å². The Labute approximate surface area is 203 Å². The van der Waals surface area contributed by atoms with E-state index in [0.717, 1.165) is 5.56 Å². The van der Waals surface area contributed by atoms with Crippen LogP contribution in [0.1, 0.15) is 28.4 Å². The van der Waals surface area contributed by atoms with Crippen LogP contribution in [0.2, 0.25) is 0 Å². The minimum absolute atomic E-state index is 0.0657. The van der Waals surface area contributed by atoms with Gasteiger partial charge in [-0.05, 0) is 61.9 Å². The van der Waals surface area contributed by atoms with E-state index in [1.807, 2.05) is 6.92 Å². The minimum atomic E-state index is -3.82. The van der Waals surface area contributed by atoms with Gasteiger partial charge in [-0.1, -0.05) is 35.9 Å². The van der Waals surface area contributed by atoms with E-state index in [4.69, 9.17) is 9.47 Å². The zero-order valence-electron chi connectivity index (χ0n) is 19.2. The van der Waals surface area contributed by atoms with Crippen molar-refractivity contribution < 1.29 is 27.5 Å². The normalized spacial score (nSPS) is 11.3. The molecule has 0 saturated carbocycles. The van der Waals surface area contributed by atoms with Gasteiger partial charge in [0.25, 0.3) is 5.91 Å². The number of esters is 1. The summed E-state index contributed by atoms with van der Waals surface area (Å²) in [4.78, 5) is 24.4. The zero-order valence-corrected chi connectivity index (χ0v) is 20.0. The second-order valence-electron chi connectivity index (χ2n) is 7.33. The Morgan fingerprint density at radius 1 is 0.971 bits per heavy atom. The second kappa shape index (κ2) is 11.9. The summed E-state index contributed by atoms with van der Waals surface area (Å²) in [7, 11) is -3.82. The minimum Gasteiger partial charge on any atom is -0.490 e. The number of hydrazone groups is 1. The van der Waals surface area contributed by atoms with Crippen LogP contribution >= 0.6 is 0 Å². The van der Waals surface area contributed by atoms with Crippen LogP contribution in [0.4, 0.5) is 0 Å². The molecule has 0 fully saturated rings. The van der Waals surface area contributed by atoms with E-state index in [1.165, 1.54) is 18.3 Å². The van der Waals surface area contributed by atoms with E-state index in [-0.39, 0.29) is 10.6 Å². The molecule has 182 valence electrons. The fourth-order valence-electron chi connectivity index (χ4n) is 2.87. The highest BCUT2D eigenvalue weighted by molar-refractivity contribution is 7.89. The molecule has 10 heteroatoms. The van der Waals surface area contributed by atoms with Crippen LogP contribution in [0.15, 0.2) is 82.8 Å². The Hall–Kier alpha value is -4.02. The lowest BCUT2D eigenvalue weighted by atomic mass is 10.2. The maximum Gasteiger partial charge on any atom is 0.343 e. The van der Waals surface area contributed by atoms with E-state index in [9.17, 15) is 18.0 Å². The number of rotatable bonds is 10. The SMILES string of the molecule is CCOc1cc(/C=N\NC(=O)CNS(=O)(=O)c2ccc(C)cc2)ccc1OC(=O)c1ccccc1. The third kappa shape index (κ3) is 7.49. The van der Waals surface area contributed by atoms with Gasteiger partial charge in [-0.3, -0.25) is 4.79 Å². The lowest BCUT2D eigenvalue weighted by Gasteiger charge is -2.11. The number of ether oxygens (including phenoxy) is 2. The molecule has 2 N–H and O–H groups in total. The van der Waals surface area contributed by atoms with Gasteiger partial charge in [0.1, 0.15) is 0 Å². The molecule has 0 spiro atoms. The fourth-order valence-corrected chi connectivity index (χ4v) is 3.85. The van der Waals surface area contributed by atoms with Gasteiger partial charge in [0, 0.05) is 0 Å². The molecule has 0 aromatic heterocycles. The summed E-state index contributed by atoms with van der Waals surface area (Å²) in [6.45, 7) is 3.50. The van der Waals surface area contributed by atoms with Crippen molar-refractivity contribution in [1.29, 1.82) is 0 Å². The molecule has 0 aliphatic carbocycles. The summed E-state index contributed by atoms with van der Waals surface area (Å²) < 4.78 is 37.8. The first-order chi connectivity index (χ1) is 16.8. The third-order valence-electron chi connectivity index (χ3n) is 4.64. The maximum atomic E-state index is 12.3. The standard InChI is InChI=1S/C25H25N3O6S/c1-3-33-23-15-19(11-14-22(23)34-25(30)20-7-5-4-6-8-20)16-26-28-24(29)17-27-35(31,32)21-12-9-18(2)10-13-21/h4-16,27H,3,17H2,1-2H3,(H,28,29)/b26-16-. The van der Waals surface area contributed by atoms with Gasteiger partial charge >= 0.3 is 5.97 Å². The lowest BCUT2D eigenvalue weighted by Crippen LogP contribution is -2.34. The van der Waals surface area contributed by atoms with Gasteiger partial charge in [-0.2, -0.15) is 5.10 Å². The summed E-state index contributed by atoms with van der Waals surface area (Å²) >= 11 is 0. The van der Waals surface area contributed by atoms with E-state index >= 15 is 0 Å². The first-order valence-electron chi connectivity index (χ1n) is 10.7. The number of hydrogen-bond acceptors (Lipinski definition) is 7. The fraction of sp³-hybridized carbons (Fsp3) is 0.160.